The van der Waals surface area contributed by atoms with E-state index in [9.17, 15) is 45.4 Å². The number of carbonyl (C=O) groups excluding carboxylic acids is 2. The Kier molecular flexibility index (Phi) is 9.55. The Morgan fingerprint density at radius 3 is 2.09 bits per heavy atom. The van der Waals surface area contributed by atoms with E-state index in [1.54, 1.807) is 13.0 Å². The molecule has 1 N–H and O–H groups in total. The third-order valence-corrected chi connectivity index (χ3v) is 8.69. The fourth-order valence-corrected chi connectivity index (χ4v) is 6.11. The van der Waals surface area contributed by atoms with Crippen LogP contribution < -0.4 is 0 Å². The molecule has 2 aliphatic heterocycles. The highest BCUT2D eigenvalue weighted by atomic mass is 19.4. The molecule has 0 spiro atoms. The van der Waals surface area contributed by atoms with Gasteiger partial charge in [0.15, 0.2) is 0 Å². The van der Waals surface area contributed by atoms with Crippen molar-refractivity contribution in [3.63, 3.8) is 0 Å². The minimum absolute atomic E-state index is 0.0450. The van der Waals surface area contributed by atoms with Gasteiger partial charge in [-0.3, -0.25) is 9.69 Å². The third-order valence-electron chi connectivity index (χ3n) is 8.69. The number of aliphatic hydroxyl groups excluding tert-OH is 1. The molecule has 7 nitrogen and oxygen atoms in total. The predicted molar refractivity (Wildman–Crippen MR) is 147 cm³/mol. The Balaban J connectivity index is 1.63. The van der Waals surface area contributed by atoms with Crippen LogP contribution in [0.1, 0.15) is 66.6 Å². The SMILES string of the molecule is CC(=O)N1CCN([C@H]2CCN(C(=O)N(C)[C@H](C)c3cc(C(F)(F)F)cc(C(F)(F)F)c3)[C@@H](c3ccc(F)cc3C)C2)C[C@@H]1O. The van der Waals surface area contributed by atoms with Gasteiger partial charge in [0.25, 0.3) is 0 Å². The highest BCUT2D eigenvalue weighted by Crippen LogP contribution is 2.40. The largest absolute Gasteiger partial charge is 0.416 e. The fourth-order valence-electron chi connectivity index (χ4n) is 6.11. The molecule has 14 heteroatoms. The number of benzene rings is 2. The molecule has 44 heavy (non-hydrogen) atoms. The molecule has 4 rings (SSSR count). The van der Waals surface area contributed by atoms with Gasteiger partial charge < -0.3 is 19.8 Å². The summed E-state index contributed by atoms with van der Waals surface area (Å²) in [5, 5.41) is 10.5. The van der Waals surface area contributed by atoms with Crippen molar-refractivity contribution in [3.05, 3.63) is 70.0 Å². The molecule has 4 atom stereocenters. The van der Waals surface area contributed by atoms with Gasteiger partial charge in [-0.1, -0.05) is 6.07 Å². The average molecular weight is 633 g/mol. The maximum Gasteiger partial charge on any atom is 0.416 e. The van der Waals surface area contributed by atoms with Crippen LogP contribution in [0.5, 0.6) is 0 Å². The van der Waals surface area contributed by atoms with E-state index >= 15 is 0 Å². The lowest BCUT2D eigenvalue weighted by Gasteiger charge is -2.48. The lowest BCUT2D eigenvalue weighted by atomic mass is 9.88. The Hall–Kier alpha value is -3.39. The molecule has 0 radical (unpaired) electrons. The second-order valence-electron chi connectivity index (χ2n) is 11.5. The maximum atomic E-state index is 14.0. The smallest absolute Gasteiger partial charge is 0.372 e. The maximum absolute atomic E-state index is 14.0. The molecule has 2 aromatic carbocycles. The van der Waals surface area contributed by atoms with Gasteiger partial charge in [0.05, 0.1) is 23.2 Å². The number of hydrogen-bond acceptors (Lipinski definition) is 4. The highest BCUT2D eigenvalue weighted by molar-refractivity contribution is 5.76. The molecule has 242 valence electrons. The summed E-state index contributed by atoms with van der Waals surface area (Å²) in [4.78, 5) is 31.8. The van der Waals surface area contributed by atoms with Crippen molar-refractivity contribution in [2.24, 2.45) is 0 Å². The van der Waals surface area contributed by atoms with E-state index in [1.165, 1.54) is 42.8 Å². The first-order chi connectivity index (χ1) is 20.4. The molecular weight excluding hydrogens is 597 g/mol. The van der Waals surface area contributed by atoms with Crippen LogP contribution in [0.4, 0.5) is 35.5 Å². The van der Waals surface area contributed by atoms with E-state index in [1.807, 2.05) is 4.90 Å². The van der Waals surface area contributed by atoms with Crippen LogP contribution in [-0.2, 0) is 17.1 Å². The summed E-state index contributed by atoms with van der Waals surface area (Å²) in [6.07, 6.45) is -10.2. The number of alkyl halides is 6. The van der Waals surface area contributed by atoms with Gasteiger partial charge in [-0.05, 0) is 73.7 Å². The number of hydrogen-bond donors (Lipinski definition) is 1. The number of rotatable bonds is 4. The van der Waals surface area contributed by atoms with Crippen molar-refractivity contribution >= 4 is 11.9 Å². The van der Waals surface area contributed by atoms with Gasteiger partial charge in [0, 0.05) is 46.2 Å². The predicted octanol–water partition coefficient (Wildman–Crippen LogP) is 5.97. The first-order valence-electron chi connectivity index (χ1n) is 14.2. The standard InChI is InChI=1S/C30H35F7N4O3/c1-17-11-23(31)5-6-25(17)26-15-24(39-9-10-40(19(3)42)27(43)16-39)7-8-41(26)28(44)38(4)18(2)20-12-21(29(32,33)34)14-22(13-20)30(35,36)37/h5-6,11-14,18,24,26-27,43H,7-10,15-16H2,1-4H3/t18-,24+,26-,27+/m1/s1. The zero-order chi connectivity index (χ0) is 32.7. The minimum atomic E-state index is -5.03. The van der Waals surface area contributed by atoms with Crippen LogP contribution in [-0.4, -0.2) is 82.1 Å². The summed E-state index contributed by atoms with van der Waals surface area (Å²) in [5.41, 5.74) is -2.06. The first-order valence-corrected chi connectivity index (χ1v) is 14.2. The second-order valence-corrected chi connectivity index (χ2v) is 11.5. The summed E-state index contributed by atoms with van der Waals surface area (Å²) < 4.78 is 95.1. The number of piperidine rings is 1. The van der Waals surface area contributed by atoms with Gasteiger partial charge >= 0.3 is 18.4 Å². The summed E-state index contributed by atoms with van der Waals surface area (Å²) in [6, 6.07) is 2.92. The van der Waals surface area contributed by atoms with Crippen LogP contribution in [0, 0.1) is 12.7 Å². The number of piperazine rings is 1. The van der Waals surface area contributed by atoms with Crippen LogP contribution in [0.3, 0.4) is 0 Å². The van der Waals surface area contributed by atoms with Crippen LogP contribution in [0.15, 0.2) is 36.4 Å². The van der Waals surface area contributed by atoms with E-state index in [0.717, 1.165) is 4.90 Å². The minimum Gasteiger partial charge on any atom is -0.372 e. The molecule has 0 aliphatic carbocycles. The van der Waals surface area contributed by atoms with Gasteiger partial charge in [0.2, 0.25) is 5.91 Å². The molecule has 2 saturated heterocycles. The van der Waals surface area contributed by atoms with Gasteiger partial charge in [0.1, 0.15) is 12.0 Å². The number of likely N-dealkylation sites (tertiary alicyclic amines) is 1. The van der Waals surface area contributed by atoms with Crippen molar-refractivity contribution in [1.29, 1.82) is 0 Å². The molecule has 3 amide bonds. The number of carbonyl (C=O) groups is 2. The Morgan fingerprint density at radius 1 is 0.955 bits per heavy atom. The number of aryl methyl sites for hydroxylation is 1. The molecule has 2 heterocycles. The third kappa shape index (κ3) is 7.12. The second kappa shape index (κ2) is 12.5. The number of halogens is 7. The average Bonchev–Trinajstić information content (AvgIpc) is 2.94. The van der Waals surface area contributed by atoms with E-state index in [0.29, 0.717) is 49.2 Å². The summed E-state index contributed by atoms with van der Waals surface area (Å²) >= 11 is 0. The lowest BCUT2D eigenvalue weighted by molar-refractivity contribution is -0.147. The molecule has 2 aromatic rings. The van der Waals surface area contributed by atoms with E-state index in [-0.39, 0.29) is 36.7 Å². The summed E-state index contributed by atoms with van der Waals surface area (Å²) in [7, 11) is 1.32. The zero-order valence-electron chi connectivity index (χ0n) is 24.7. The van der Waals surface area contributed by atoms with Crippen molar-refractivity contribution in [2.75, 3.05) is 33.2 Å². The molecular formula is C30H35F7N4O3. The quantitative estimate of drug-likeness (QED) is 0.422. The Morgan fingerprint density at radius 2 is 1.57 bits per heavy atom. The van der Waals surface area contributed by atoms with Gasteiger partial charge in [-0.2, -0.15) is 26.3 Å². The van der Waals surface area contributed by atoms with E-state index < -0.39 is 53.6 Å². The fraction of sp³-hybridized carbons (Fsp3) is 0.533. The number of aliphatic hydroxyl groups is 1. The van der Waals surface area contributed by atoms with E-state index in [4.69, 9.17) is 0 Å². The summed E-state index contributed by atoms with van der Waals surface area (Å²) in [5.74, 6) is -0.728. The molecule has 2 fully saturated rings. The molecule has 0 bridgehead atoms. The first kappa shape index (κ1) is 33.5. The number of amides is 3. The Labute approximate surface area is 250 Å². The molecule has 0 saturated carbocycles. The van der Waals surface area contributed by atoms with Crippen molar-refractivity contribution in [2.45, 2.75) is 70.3 Å². The zero-order valence-corrected chi connectivity index (χ0v) is 24.7. The summed E-state index contributed by atoms with van der Waals surface area (Å²) in [6.45, 7) is 5.59. The number of nitrogens with zero attached hydrogens (tertiary/aromatic N) is 4. The molecule has 2 aliphatic rings. The lowest BCUT2D eigenvalue weighted by Crippen LogP contribution is -2.59. The van der Waals surface area contributed by atoms with Crippen LogP contribution >= 0.6 is 0 Å². The molecule has 0 unspecified atom stereocenters. The number of urea groups is 1. The van der Waals surface area contributed by atoms with Crippen molar-refractivity contribution in [3.8, 4) is 0 Å². The molecule has 0 aromatic heterocycles. The van der Waals surface area contributed by atoms with E-state index in [2.05, 4.69) is 0 Å². The normalized spacial score (nSPS) is 22.6. The monoisotopic (exact) mass is 632 g/mol. The van der Waals surface area contributed by atoms with Gasteiger partial charge in [-0.25, -0.2) is 9.18 Å². The highest BCUT2D eigenvalue weighted by Gasteiger charge is 2.41. The number of β-amino-alcohol motifs (C(OH)–C–C–N with tert-alkyl or cyclic N) is 1. The van der Waals surface area contributed by atoms with Crippen molar-refractivity contribution < 1.29 is 45.4 Å². The topological polar surface area (TPSA) is 67.3 Å². The van der Waals surface area contributed by atoms with Gasteiger partial charge in [-0.15, -0.1) is 0 Å². The Bertz CT molecular complexity index is 1350. The van der Waals surface area contributed by atoms with Crippen LogP contribution in [0.25, 0.3) is 0 Å². The van der Waals surface area contributed by atoms with Crippen molar-refractivity contribution in [1.82, 2.24) is 19.6 Å². The van der Waals surface area contributed by atoms with Crippen LogP contribution in [0.2, 0.25) is 0 Å².